The van der Waals surface area contributed by atoms with Crippen molar-refractivity contribution in [3.63, 3.8) is 0 Å². The number of benzene rings is 1. The highest BCUT2D eigenvalue weighted by molar-refractivity contribution is 5.97. The molecule has 0 saturated heterocycles. The summed E-state index contributed by atoms with van der Waals surface area (Å²) in [6.45, 7) is 1.36. The van der Waals surface area contributed by atoms with E-state index in [4.69, 9.17) is 4.74 Å². The first-order valence-electron chi connectivity index (χ1n) is 3.97. The molecule has 0 bridgehead atoms. The Balaban J connectivity index is 3.38. The summed E-state index contributed by atoms with van der Waals surface area (Å²) in [4.78, 5) is 21.6. The molecule has 0 radical (unpaired) electrons. The molecule has 1 aromatic carbocycles. The molecule has 1 rings (SSSR count). The Hall–Kier alpha value is -1.84. The Bertz CT molecular complexity index is 382. The number of aromatic hydroxyl groups is 1. The van der Waals surface area contributed by atoms with Crippen LogP contribution in [0.5, 0.6) is 11.5 Å². The molecule has 0 aliphatic rings. The van der Waals surface area contributed by atoms with Crippen LogP contribution in [0.3, 0.4) is 0 Å². The maximum Gasteiger partial charge on any atom is 0.171 e. The molecular formula is C10H10O4. The SMILES string of the molecule is COc1c(O)cc(C(C)=O)cc1C=O. The second-order valence-electron chi connectivity index (χ2n) is 2.79. The van der Waals surface area contributed by atoms with Gasteiger partial charge in [0.2, 0.25) is 0 Å². The van der Waals surface area contributed by atoms with Crippen LogP contribution in [0.1, 0.15) is 27.6 Å². The Kier molecular flexibility index (Phi) is 2.86. The van der Waals surface area contributed by atoms with Crippen molar-refractivity contribution in [2.75, 3.05) is 7.11 Å². The quantitative estimate of drug-likeness (QED) is 0.583. The lowest BCUT2D eigenvalue weighted by molar-refractivity contribution is 0.101. The van der Waals surface area contributed by atoms with E-state index in [0.717, 1.165) is 0 Å². The lowest BCUT2D eigenvalue weighted by atomic mass is 10.1. The Morgan fingerprint density at radius 2 is 2.14 bits per heavy atom. The van der Waals surface area contributed by atoms with E-state index in [9.17, 15) is 14.7 Å². The smallest absolute Gasteiger partial charge is 0.171 e. The number of rotatable bonds is 3. The summed E-state index contributed by atoms with van der Waals surface area (Å²) in [7, 11) is 1.34. The van der Waals surface area contributed by atoms with Crippen LogP contribution < -0.4 is 4.74 Å². The lowest BCUT2D eigenvalue weighted by Crippen LogP contribution is -1.97. The van der Waals surface area contributed by atoms with E-state index < -0.39 is 0 Å². The Morgan fingerprint density at radius 3 is 2.57 bits per heavy atom. The zero-order valence-corrected chi connectivity index (χ0v) is 7.90. The van der Waals surface area contributed by atoms with Crippen molar-refractivity contribution in [2.45, 2.75) is 6.92 Å². The average Bonchev–Trinajstić information content (AvgIpc) is 2.16. The summed E-state index contributed by atoms with van der Waals surface area (Å²) >= 11 is 0. The van der Waals surface area contributed by atoms with Gasteiger partial charge in [0.25, 0.3) is 0 Å². The number of carbonyl (C=O) groups excluding carboxylic acids is 2. The highest BCUT2D eigenvalue weighted by atomic mass is 16.5. The molecule has 4 nitrogen and oxygen atoms in total. The van der Waals surface area contributed by atoms with Gasteiger partial charge in [0.05, 0.1) is 12.7 Å². The van der Waals surface area contributed by atoms with Crippen molar-refractivity contribution in [2.24, 2.45) is 0 Å². The van der Waals surface area contributed by atoms with E-state index in [1.165, 1.54) is 26.2 Å². The van der Waals surface area contributed by atoms with Gasteiger partial charge in [-0.2, -0.15) is 0 Å². The third-order valence-corrected chi connectivity index (χ3v) is 1.84. The largest absolute Gasteiger partial charge is 0.504 e. The number of hydrogen-bond donors (Lipinski definition) is 1. The van der Waals surface area contributed by atoms with Gasteiger partial charge in [0.1, 0.15) is 0 Å². The van der Waals surface area contributed by atoms with E-state index in [0.29, 0.717) is 6.29 Å². The van der Waals surface area contributed by atoms with Gasteiger partial charge in [-0.25, -0.2) is 0 Å². The molecule has 1 aromatic rings. The number of methoxy groups -OCH3 is 1. The molecule has 74 valence electrons. The number of hydrogen-bond acceptors (Lipinski definition) is 4. The monoisotopic (exact) mass is 194 g/mol. The predicted molar refractivity (Wildman–Crippen MR) is 50.1 cm³/mol. The van der Waals surface area contributed by atoms with Crippen molar-refractivity contribution in [3.8, 4) is 11.5 Å². The van der Waals surface area contributed by atoms with Crippen LogP contribution in [-0.2, 0) is 0 Å². The molecule has 0 aromatic heterocycles. The molecule has 0 aliphatic carbocycles. The van der Waals surface area contributed by atoms with Crippen LogP contribution >= 0.6 is 0 Å². The van der Waals surface area contributed by atoms with Crippen LogP contribution in [0.2, 0.25) is 0 Å². The van der Waals surface area contributed by atoms with E-state index in [-0.39, 0.29) is 28.4 Å². The number of ether oxygens (including phenoxy) is 1. The van der Waals surface area contributed by atoms with Crippen molar-refractivity contribution in [3.05, 3.63) is 23.3 Å². The van der Waals surface area contributed by atoms with E-state index in [1.54, 1.807) is 0 Å². The van der Waals surface area contributed by atoms with Crippen LogP contribution in [-0.4, -0.2) is 24.3 Å². The van der Waals surface area contributed by atoms with Crippen molar-refractivity contribution < 1.29 is 19.4 Å². The van der Waals surface area contributed by atoms with E-state index in [2.05, 4.69) is 0 Å². The topological polar surface area (TPSA) is 63.6 Å². The minimum Gasteiger partial charge on any atom is -0.504 e. The fraction of sp³-hybridized carbons (Fsp3) is 0.200. The van der Waals surface area contributed by atoms with Gasteiger partial charge in [-0.15, -0.1) is 0 Å². The first-order valence-corrected chi connectivity index (χ1v) is 3.97. The summed E-state index contributed by atoms with van der Waals surface area (Å²) in [6.07, 6.45) is 0.533. The summed E-state index contributed by atoms with van der Waals surface area (Å²) in [6, 6.07) is 2.65. The number of phenols is 1. The molecule has 0 fully saturated rings. The first-order chi connectivity index (χ1) is 6.60. The third-order valence-electron chi connectivity index (χ3n) is 1.84. The Labute approximate surface area is 81.1 Å². The van der Waals surface area contributed by atoms with Crippen LogP contribution in [0.15, 0.2) is 12.1 Å². The zero-order chi connectivity index (χ0) is 10.7. The molecule has 4 heteroatoms. The van der Waals surface area contributed by atoms with Gasteiger partial charge in [0.15, 0.2) is 23.6 Å². The van der Waals surface area contributed by atoms with Crippen molar-refractivity contribution in [1.29, 1.82) is 0 Å². The number of ketones is 1. The van der Waals surface area contributed by atoms with Crippen LogP contribution in [0, 0.1) is 0 Å². The van der Waals surface area contributed by atoms with Crippen molar-refractivity contribution in [1.82, 2.24) is 0 Å². The lowest BCUT2D eigenvalue weighted by Gasteiger charge is -2.07. The van der Waals surface area contributed by atoms with Crippen LogP contribution in [0.4, 0.5) is 0 Å². The number of Topliss-reactive ketones (excluding diaryl/α,β-unsaturated/α-hetero) is 1. The molecule has 0 unspecified atom stereocenters. The second-order valence-corrected chi connectivity index (χ2v) is 2.79. The third kappa shape index (κ3) is 1.74. The average molecular weight is 194 g/mol. The van der Waals surface area contributed by atoms with Crippen LogP contribution in [0.25, 0.3) is 0 Å². The fourth-order valence-electron chi connectivity index (χ4n) is 1.15. The van der Waals surface area contributed by atoms with Gasteiger partial charge in [0, 0.05) is 5.56 Å². The summed E-state index contributed by atoms with van der Waals surface area (Å²) in [5.41, 5.74) is 0.447. The van der Waals surface area contributed by atoms with Gasteiger partial charge in [-0.1, -0.05) is 0 Å². The molecule has 0 spiro atoms. The Morgan fingerprint density at radius 1 is 1.50 bits per heavy atom. The zero-order valence-electron chi connectivity index (χ0n) is 7.90. The number of carbonyl (C=O) groups is 2. The molecule has 1 N–H and O–H groups in total. The summed E-state index contributed by atoms with van der Waals surface area (Å²) in [5.74, 6) is -0.335. The van der Waals surface area contributed by atoms with E-state index in [1.807, 2.05) is 0 Å². The minimum absolute atomic E-state index is 0.0880. The van der Waals surface area contributed by atoms with Gasteiger partial charge < -0.3 is 9.84 Å². The summed E-state index contributed by atoms with van der Waals surface area (Å²) < 4.78 is 4.81. The highest BCUT2D eigenvalue weighted by Gasteiger charge is 2.12. The van der Waals surface area contributed by atoms with Gasteiger partial charge >= 0.3 is 0 Å². The first kappa shape index (κ1) is 10.2. The standard InChI is InChI=1S/C10H10O4/c1-6(12)7-3-8(5-11)10(14-2)9(13)4-7/h3-5,13H,1-2H3. The highest BCUT2D eigenvalue weighted by Crippen LogP contribution is 2.30. The number of aldehydes is 1. The second kappa shape index (κ2) is 3.91. The number of phenolic OH excluding ortho intramolecular Hbond substituents is 1. The van der Waals surface area contributed by atoms with Gasteiger partial charge in [-0.05, 0) is 19.1 Å². The van der Waals surface area contributed by atoms with Crippen molar-refractivity contribution >= 4 is 12.1 Å². The molecular weight excluding hydrogens is 184 g/mol. The maximum absolute atomic E-state index is 11.0. The van der Waals surface area contributed by atoms with Gasteiger partial charge in [-0.3, -0.25) is 9.59 Å². The minimum atomic E-state index is -0.217. The molecule has 0 atom stereocenters. The summed E-state index contributed by atoms with van der Waals surface area (Å²) in [5, 5.41) is 9.42. The fourth-order valence-corrected chi connectivity index (χ4v) is 1.15. The normalized spacial score (nSPS) is 9.57. The molecule has 0 aliphatic heterocycles. The molecule has 0 heterocycles. The maximum atomic E-state index is 11.0. The predicted octanol–water partition coefficient (Wildman–Crippen LogP) is 1.42. The molecule has 14 heavy (non-hydrogen) atoms. The van der Waals surface area contributed by atoms with E-state index >= 15 is 0 Å². The molecule has 0 saturated carbocycles. The molecule has 0 amide bonds.